The Hall–Kier alpha value is -7.28. The standard InChI is InChI=1S/C27H28.C15H18.C13H10.C13H12.C2H6/c1-6-13-21(8-3)27(22-15-11-10-12-16-22)25(14-7-2)23(9-4)24-18-17-20(5)19-26(24)27;1-11-8-9-13(3)15(10-11)14-7-5-4-6-12(14)2;1-3-7-12-10(5-1)9-11-6-2-4-8-13(11)12;1-11-7-9-13(10-8-11)12-5-3-2-4-6-12;1-2/h6-19H,2H2,1,3-5H3;4,6,8-10H,5,7H2,1-3H3;1-8H,9H2;2-10H,1H3;1-2H3/b13-6-,21-8+,23-9-,25-14+;;;;. The molecule has 0 N–H and O–H groups in total. The maximum Gasteiger partial charge on any atom is 0.0710 e. The molecule has 0 heterocycles. The van der Waals surface area contributed by atoms with Gasteiger partial charge >= 0.3 is 0 Å². The average Bonchev–Trinajstić information content (AvgIpc) is 3.91. The molecule has 0 amide bonds. The molecule has 10 rings (SSSR count). The summed E-state index contributed by atoms with van der Waals surface area (Å²) in [6.07, 6.45) is 20.9. The molecule has 0 aromatic heterocycles. The van der Waals surface area contributed by atoms with Crippen LogP contribution in [0.3, 0.4) is 0 Å². The van der Waals surface area contributed by atoms with E-state index in [0.717, 1.165) is 6.42 Å². The number of benzene rings is 7. The van der Waals surface area contributed by atoms with Crippen molar-refractivity contribution in [2.75, 3.05) is 0 Å². The molecule has 0 spiro atoms. The zero-order valence-corrected chi connectivity index (χ0v) is 43.6. The van der Waals surface area contributed by atoms with Crippen LogP contribution in [0, 0.1) is 27.7 Å². The molecule has 0 bridgehead atoms. The van der Waals surface area contributed by atoms with E-state index in [2.05, 4.69) is 268 Å². The lowest BCUT2D eigenvalue weighted by molar-refractivity contribution is 0.764. The molecule has 0 radical (unpaired) electrons. The Balaban J connectivity index is 0.000000160. The molecule has 7 aromatic carbocycles. The quantitative estimate of drug-likeness (QED) is 0.146. The van der Waals surface area contributed by atoms with Gasteiger partial charge in [-0.25, -0.2) is 0 Å². The SMILES string of the molecule is C=C/C=C1\C(=C/C)c2ccc(C)cc2C1(C(/C=C\C)=C/C)c1ccccc1.CC.CC1=C(c2cc(C)ccc2C)CCC=C1.Cc1ccc(-c2ccccc2)cc1.c1ccc2c(c1)Cc1ccccc1-2. The molecule has 0 heteroatoms. The maximum atomic E-state index is 4.02. The molecule has 3 aliphatic rings. The second-order valence-corrected chi connectivity index (χ2v) is 18.1. The van der Waals surface area contributed by atoms with Gasteiger partial charge in [-0.05, 0) is 164 Å². The van der Waals surface area contributed by atoms with Crippen molar-refractivity contribution in [3.05, 3.63) is 297 Å². The van der Waals surface area contributed by atoms with Gasteiger partial charge in [-0.3, -0.25) is 0 Å². The Morgan fingerprint density at radius 3 is 1.70 bits per heavy atom. The summed E-state index contributed by atoms with van der Waals surface area (Å²) in [5, 5.41) is 0. The Bertz CT molecular complexity index is 2990. The van der Waals surface area contributed by atoms with Gasteiger partial charge in [0, 0.05) is 0 Å². The topological polar surface area (TPSA) is 0 Å². The van der Waals surface area contributed by atoms with Crippen LogP contribution in [0.1, 0.15) is 110 Å². The second-order valence-electron chi connectivity index (χ2n) is 18.1. The van der Waals surface area contributed by atoms with Crippen LogP contribution in [0.4, 0.5) is 0 Å². The molecular weight excluding hydrogens is 841 g/mol. The normalized spacial score (nSPS) is 16.3. The van der Waals surface area contributed by atoms with E-state index in [0.29, 0.717) is 0 Å². The summed E-state index contributed by atoms with van der Waals surface area (Å²) in [5.41, 5.74) is 25.5. The Labute approximate surface area is 422 Å². The maximum absolute atomic E-state index is 4.02. The van der Waals surface area contributed by atoms with Crippen LogP contribution in [0.2, 0.25) is 0 Å². The molecule has 1 unspecified atom stereocenters. The summed E-state index contributed by atoms with van der Waals surface area (Å²) in [4.78, 5) is 0. The number of fused-ring (bicyclic) bond motifs is 4. The monoisotopic (exact) mass is 915 g/mol. The van der Waals surface area contributed by atoms with Crippen LogP contribution < -0.4 is 0 Å². The summed E-state index contributed by atoms with van der Waals surface area (Å²) in [5.74, 6) is 0. The van der Waals surface area contributed by atoms with E-state index >= 15 is 0 Å². The first kappa shape index (κ1) is 52.1. The van der Waals surface area contributed by atoms with E-state index in [1.807, 2.05) is 26.0 Å². The number of hydrogen-bond acceptors (Lipinski definition) is 0. The summed E-state index contributed by atoms with van der Waals surface area (Å²) >= 11 is 0. The fourth-order valence-corrected chi connectivity index (χ4v) is 10.1. The van der Waals surface area contributed by atoms with Gasteiger partial charge in [-0.2, -0.15) is 0 Å². The zero-order valence-electron chi connectivity index (χ0n) is 43.6. The Morgan fingerprint density at radius 2 is 1.11 bits per heavy atom. The van der Waals surface area contributed by atoms with Crippen molar-refractivity contribution < 1.29 is 0 Å². The average molecular weight is 915 g/mol. The van der Waals surface area contributed by atoms with E-state index in [4.69, 9.17) is 0 Å². The van der Waals surface area contributed by atoms with Crippen LogP contribution in [0.5, 0.6) is 0 Å². The first-order valence-corrected chi connectivity index (χ1v) is 25.3. The van der Waals surface area contributed by atoms with Crippen LogP contribution in [0.15, 0.2) is 242 Å². The lowest BCUT2D eigenvalue weighted by Gasteiger charge is -2.35. The van der Waals surface area contributed by atoms with Crippen molar-refractivity contribution in [1.29, 1.82) is 0 Å². The van der Waals surface area contributed by atoms with Crippen molar-refractivity contribution in [1.82, 2.24) is 0 Å². The largest absolute Gasteiger partial charge is 0.0991 e. The van der Waals surface area contributed by atoms with E-state index in [1.54, 1.807) is 0 Å². The van der Waals surface area contributed by atoms with Gasteiger partial charge in [0.25, 0.3) is 0 Å². The van der Waals surface area contributed by atoms with E-state index in [-0.39, 0.29) is 5.41 Å². The Morgan fingerprint density at radius 1 is 0.557 bits per heavy atom. The third kappa shape index (κ3) is 11.8. The highest BCUT2D eigenvalue weighted by molar-refractivity contribution is 5.94. The van der Waals surface area contributed by atoms with Crippen molar-refractivity contribution in [2.24, 2.45) is 0 Å². The molecule has 0 aliphatic heterocycles. The first-order chi connectivity index (χ1) is 34.1. The van der Waals surface area contributed by atoms with Gasteiger partial charge in [-0.1, -0.05) is 256 Å². The smallest absolute Gasteiger partial charge is 0.0710 e. The molecule has 354 valence electrons. The molecule has 3 aliphatic carbocycles. The number of rotatable bonds is 6. The van der Waals surface area contributed by atoms with Gasteiger partial charge in [0.2, 0.25) is 0 Å². The summed E-state index contributed by atoms with van der Waals surface area (Å²) < 4.78 is 0. The highest BCUT2D eigenvalue weighted by atomic mass is 14.5. The van der Waals surface area contributed by atoms with Crippen molar-refractivity contribution >= 4 is 11.1 Å². The van der Waals surface area contributed by atoms with Crippen molar-refractivity contribution in [2.45, 2.75) is 93.9 Å². The number of allylic oxidation sites excluding steroid dienone is 13. The molecule has 0 nitrogen and oxygen atoms in total. The third-order valence-electron chi connectivity index (χ3n) is 13.4. The predicted octanol–water partition coefficient (Wildman–Crippen LogP) is 19.7. The molecule has 0 saturated heterocycles. The van der Waals surface area contributed by atoms with Crippen molar-refractivity contribution in [3.8, 4) is 22.3 Å². The van der Waals surface area contributed by atoms with Gasteiger partial charge in [0.15, 0.2) is 0 Å². The minimum absolute atomic E-state index is 0.333. The minimum Gasteiger partial charge on any atom is -0.0991 e. The van der Waals surface area contributed by atoms with Crippen molar-refractivity contribution in [3.63, 3.8) is 0 Å². The van der Waals surface area contributed by atoms with E-state index < -0.39 is 0 Å². The molecule has 0 saturated carbocycles. The molecule has 70 heavy (non-hydrogen) atoms. The fraction of sp³-hybridized carbons (Fsp3) is 0.200. The minimum atomic E-state index is -0.333. The van der Waals surface area contributed by atoms with E-state index in [1.165, 1.54) is 119 Å². The van der Waals surface area contributed by atoms with Gasteiger partial charge in [-0.15, -0.1) is 0 Å². The number of aryl methyl sites for hydroxylation is 4. The highest BCUT2D eigenvalue weighted by Gasteiger charge is 2.48. The third-order valence-corrected chi connectivity index (χ3v) is 13.4. The summed E-state index contributed by atoms with van der Waals surface area (Å²) in [6.45, 7) is 25.2. The summed E-state index contributed by atoms with van der Waals surface area (Å²) in [7, 11) is 0. The zero-order chi connectivity index (χ0) is 50.0. The molecule has 0 fully saturated rings. The van der Waals surface area contributed by atoms with Gasteiger partial charge < -0.3 is 0 Å². The number of hydrogen-bond donors (Lipinski definition) is 0. The van der Waals surface area contributed by atoms with Gasteiger partial charge in [0.1, 0.15) is 0 Å². The predicted molar refractivity (Wildman–Crippen MR) is 308 cm³/mol. The fourth-order valence-electron chi connectivity index (χ4n) is 10.1. The lowest BCUT2D eigenvalue weighted by Crippen LogP contribution is -2.29. The molecule has 7 aromatic rings. The summed E-state index contributed by atoms with van der Waals surface area (Å²) in [6, 6.07) is 60.7. The second kappa shape index (κ2) is 25.4. The van der Waals surface area contributed by atoms with Crippen LogP contribution >= 0.6 is 0 Å². The van der Waals surface area contributed by atoms with Gasteiger partial charge in [0.05, 0.1) is 5.41 Å². The van der Waals surface area contributed by atoms with Crippen LogP contribution in [-0.4, -0.2) is 0 Å². The van der Waals surface area contributed by atoms with Crippen LogP contribution in [0.25, 0.3) is 33.4 Å². The lowest BCUT2D eigenvalue weighted by atomic mass is 9.66. The molecule has 1 atom stereocenters. The highest BCUT2D eigenvalue weighted by Crippen LogP contribution is 2.58. The molecular formula is C70H74. The Kier molecular flexibility index (Phi) is 18.9. The first-order valence-electron chi connectivity index (χ1n) is 25.3. The van der Waals surface area contributed by atoms with E-state index in [9.17, 15) is 0 Å². The van der Waals surface area contributed by atoms with Crippen LogP contribution in [-0.2, 0) is 11.8 Å².